The van der Waals surface area contributed by atoms with Crippen molar-refractivity contribution in [2.75, 3.05) is 59.8 Å². The van der Waals surface area contributed by atoms with E-state index in [0.29, 0.717) is 54.2 Å². The molecule has 5 heterocycles. The van der Waals surface area contributed by atoms with E-state index in [1.807, 2.05) is 0 Å². The van der Waals surface area contributed by atoms with Crippen molar-refractivity contribution >= 4 is 46.8 Å². The lowest BCUT2D eigenvalue weighted by Gasteiger charge is -2.42. The minimum absolute atomic E-state index is 0.0583. The molecule has 4 aliphatic heterocycles. The zero-order valence-corrected chi connectivity index (χ0v) is 32.6. The Bertz CT molecular complexity index is 2000. The lowest BCUT2D eigenvalue weighted by Crippen LogP contribution is -2.52. The number of amides is 4. The van der Waals surface area contributed by atoms with Gasteiger partial charge in [0, 0.05) is 80.1 Å². The first-order valence-corrected chi connectivity index (χ1v) is 20.7. The predicted molar refractivity (Wildman–Crippen MR) is 214 cm³/mol. The van der Waals surface area contributed by atoms with E-state index in [9.17, 15) is 23.6 Å². The number of anilines is 4. The van der Waals surface area contributed by atoms with Crippen LogP contribution in [0.5, 0.6) is 0 Å². The third kappa shape index (κ3) is 9.16. The average Bonchev–Trinajstić information content (AvgIpc) is 3.23. The van der Waals surface area contributed by atoms with Gasteiger partial charge in [-0.05, 0) is 94.5 Å². The van der Waals surface area contributed by atoms with Crippen LogP contribution in [-0.2, 0) is 19.1 Å². The van der Waals surface area contributed by atoms with E-state index in [1.54, 1.807) is 36.4 Å². The molecule has 1 saturated carbocycles. The van der Waals surface area contributed by atoms with Gasteiger partial charge in [-0.1, -0.05) is 12.1 Å². The molecule has 0 radical (unpaired) electrons. The molecule has 0 spiro atoms. The number of aromatic nitrogens is 2. The SMILES string of the molecule is O=C1CCC(Nc2ccc(N3CCC(N4CCC(NC(=O)C5CCC(Nc6ncc(F)c(-c7cccc(N8CCCOC8=O)c7)n6)CC5)CC4)CC3)c(F)c2)C(=O)N1. The molecule has 5 aliphatic rings. The number of ether oxygens (including phenoxy) is 1. The average molecular weight is 800 g/mol. The number of halogens is 2. The Labute approximate surface area is 336 Å². The summed E-state index contributed by atoms with van der Waals surface area (Å²) in [5.74, 6) is -1.18. The second-order valence-corrected chi connectivity index (χ2v) is 16.1. The van der Waals surface area contributed by atoms with Crippen LogP contribution in [0.2, 0.25) is 0 Å². The number of carbonyl (C=O) groups is 4. The highest BCUT2D eigenvalue weighted by atomic mass is 19.1. The maximum absolute atomic E-state index is 15.2. The number of nitrogens with one attached hydrogen (secondary N) is 4. The predicted octanol–water partition coefficient (Wildman–Crippen LogP) is 5.21. The molecule has 1 aliphatic carbocycles. The van der Waals surface area contributed by atoms with Gasteiger partial charge < -0.3 is 30.5 Å². The fourth-order valence-electron chi connectivity index (χ4n) is 9.01. The molecule has 4 amide bonds. The number of cyclic esters (lactones) is 1. The highest BCUT2D eigenvalue weighted by Crippen LogP contribution is 2.32. The molecule has 2 aromatic carbocycles. The fraction of sp³-hybridized carbons (Fsp3) is 0.524. The molecule has 1 atom stereocenters. The number of nitrogens with zero attached hydrogens (tertiary/aromatic N) is 5. The lowest BCUT2D eigenvalue weighted by atomic mass is 9.85. The van der Waals surface area contributed by atoms with Gasteiger partial charge in [0.15, 0.2) is 5.82 Å². The number of benzene rings is 2. The van der Waals surface area contributed by atoms with Crippen LogP contribution in [0.1, 0.15) is 70.6 Å². The highest BCUT2D eigenvalue weighted by Gasteiger charge is 2.33. The van der Waals surface area contributed by atoms with Crippen molar-refractivity contribution in [3.8, 4) is 11.3 Å². The van der Waals surface area contributed by atoms with Gasteiger partial charge in [0.25, 0.3) is 0 Å². The van der Waals surface area contributed by atoms with Gasteiger partial charge in [0.2, 0.25) is 23.7 Å². The molecular weight excluding hydrogens is 749 g/mol. The van der Waals surface area contributed by atoms with Gasteiger partial charge in [0.1, 0.15) is 17.6 Å². The van der Waals surface area contributed by atoms with Crippen molar-refractivity contribution in [2.45, 2.75) is 94.8 Å². The summed E-state index contributed by atoms with van der Waals surface area (Å²) in [6, 6.07) is 12.1. The molecule has 4 N–H and O–H groups in total. The number of carbonyl (C=O) groups excluding carboxylic acids is 4. The minimum atomic E-state index is -0.561. The Morgan fingerprint density at radius 1 is 0.828 bits per heavy atom. The van der Waals surface area contributed by atoms with Crippen molar-refractivity contribution < 1.29 is 32.7 Å². The van der Waals surface area contributed by atoms with Gasteiger partial charge in [-0.3, -0.25) is 24.6 Å². The fourth-order valence-corrected chi connectivity index (χ4v) is 9.01. The van der Waals surface area contributed by atoms with Crippen molar-refractivity contribution in [3.63, 3.8) is 0 Å². The molecule has 5 fully saturated rings. The summed E-state index contributed by atoms with van der Waals surface area (Å²) in [4.78, 5) is 64.0. The Hall–Kier alpha value is -5.38. The first-order chi connectivity index (χ1) is 28.2. The summed E-state index contributed by atoms with van der Waals surface area (Å²) in [5, 5.41) is 12.1. The third-order valence-electron chi connectivity index (χ3n) is 12.3. The Balaban J connectivity index is 0.754. The van der Waals surface area contributed by atoms with Gasteiger partial charge in [-0.25, -0.2) is 23.5 Å². The molecule has 16 heteroatoms. The van der Waals surface area contributed by atoms with Crippen LogP contribution in [0.15, 0.2) is 48.7 Å². The van der Waals surface area contributed by atoms with Crippen LogP contribution < -0.4 is 31.1 Å². The van der Waals surface area contributed by atoms with E-state index in [0.717, 1.165) is 90.2 Å². The molecule has 0 bridgehead atoms. The summed E-state index contributed by atoms with van der Waals surface area (Å²) < 4.78 is 35.3. The van der Waals surface area contributed by atoms with E-state index in [1.165, 1.54) is 11.0 Å². The first-order valence-electron chi connectivity index (χ1n) is 20.7. The second-order valence-electron chi connectivity index (χ2n) is 16.1. The van der Waals surface area contributed by atoms with Crippen molar-refractivity contribution in [2.24, 2.45) is 5.92 Å². The van der Waals surface area contributed by atoms with Crippen LogP contribution in [0.4, 0.5) is 36.6 Å². The molecule has 4 saturated heterocycles. The van der Waals surface area contributed by atoms with Crippen LogP contribution in [-0.4, -0.2) is 102 Å². The summed E-state index contributed by atoms with van der Waals surface area (Å²) >= 11 is 0. The quantitative estimate of drug-likeness (QED) is 0.200. The van der Waals surface area contributed by atoms with Crippen molar-refractivity contribution in [3.05, 3.63) is 60.3 Å². The summed E-state index contributed by atoms with van der Waals surface area (Å²) in [6.45, 7) is 4.24. The van der Waals surface area contributed by atoms with Gasteiger partial charge in [-0.2, -0.15) is 0 Å². The topological polar surface area (TPSA) is 161 Å². The zero-order chi connectivity index (χ0) is 40.2. The summed E-state index contributed by atoms with van der Waals surface area (Å²) in [5.41, 5.74) is 2.38. The van der Waals surface area contributed by atoms with Crippen LogP contribution in [0, 0.1) is 17.6 Å². The number of hydrogen-bond donors (Lipinski definition) is 4. The normalized spacial score (nSPS) is 23.9. The van der Waals surface area contributed by atoms with E-state index in [4.69, 9.17) is 4.74 Å². The van der Waals surface area contributed by atoms with E-state index >= 15 is 4.39 Å². The van der Waals surface area contributed by atoms with Gasteiger partial charge in [0.05, 0.1) is 18.5 Å². The van der Waals surface area contributed by atoms with Crippen LogP contribution >= 0.6 is 0 Å². The largest absolute Gasteiger partial charge is 0.449 e. The maximum Gasteiger partial charge on any atom is 0.414 e. The molecular formula is C42H51F2N9O5. The second kappa shape index (κ2) is 17.6. The third-order valence-corrected chi connectivity index (χ3v) is 12.3. The van der Waals surface area contributed by atoms with E-state index < -0.39 is 18.0 Å². The van der Waals surface area contributed by atoms with Crippen molar-refractivity contribution in [1.29, 1.82) is 0 Å². The minimum Gasteiger partial charge on any atom is -0.449 e. The highest BCUT2D eigenvalue weighted by molar-refractivity contribution is 6.01. The number of imide groups is 1. The molecule has 58 heavy (non-hydrogen) atoms. The summed E-state index contributed by atoms with van der Waals surface area (Å²) in [7, 11) is 0. The number of piperidine rings is 3. The zero-order valence-electron chi connectivity index (χ0n) is 32.6. The number of likely N-dealkylation sites (tertiary alicyclic amines) is 1. The molecule has 14 nitrogen and oxygen atoms in total. The smallest absolute Gasteiger partial charge is 0.414 e. The Morgan fingerprint density at radius 3 is 2.36 bits per heavy atom. The summed E-state index contributed by atoms with van der Waals surface area (Å²) in [6.07, 6.45) is 8.77. The Kier molecular flexibility index (Phi) is 12.0. The van der Waals surface area contributed by atoms with E-state index in [2.05, 4.69) is 41.0 Å². The first kappa shape index (κ1) is 39.4. The van der Waals surface area contributed by atoms with Crippen LogP contribution in [0.3, 0.4) is 0 Å². The Morgan fingerprint density at radius 2 is 1.62 bits per heavy atom. The van der Waals surface area contributed by atoms with Crippen LogP contribution in [0.25, 0.3) is 11.3 Å². The molecule has 3 aromatic rings. The van der Waals surface area contributed by atoms with Gasteiger partial charge in [-0.15, -0.1) is 0 Å². The molecule has 8 rings (SSSR count). The lowest BCUT2D eigenvalue weighted by molar-refractivity contribution is -0.133. The maximum atomic E-state index is 15.2. The van der Waals surface area contributed by atoms with Crippen molar-refractivity contribution in [1.82, 2.24) is 25.5 Å². The monoisotopic (exact) mass is 799 g/mol. The molecule has 1 unspecified atom stereocenters. The molecule has 1 aromatic heterocycles. The van der Waals surface area contributed by atoms with E-state index in [-0.39, 0.29) is 53.7 Å². The number of hydrogen-bond acceptors (Lipinski definition) is 11. The molecule has 308 valence electrons. The number of rotatable bonds is 10. The van der Waals surface area contributed by atoms with Gasteiger partial charge >= 0.3 is 6.09 Å². The standard InChI is InChI=1S/C42H51F2N9O5/c43-33-24-30(46-35-10-12-37(54)49-40(35)56)9-11-36(33)52-20-15-31(16-21-52)51-18-13-29(14-19-51)47-39(55)26-5-7-28(8-6-26)48-41-45-25-34(44)38(50-41)27-3-1-4-32(23-27)53-17-2-22-58-42(53)57/h1,3-4,9,11,23-26,28-29,31,35,46H,2,5-8,10,12-22H2,(H,47,55)(H,45,48,50)(H,49,54,56).